The Bertz CT molecular complexity index is 839. The maximum atomic E-state index is 12.5. The number of carbonyl (C=O) groups is 1. The maximum Gasteiger partial charge on any atom is 0.234 e. The Kier molecular flexibility index (Phi) is 5.67. The molecule has 1 unspecified atom stereocenters. The molecule has 1 atom stereocenters. The standard InChI is InChI=1S/C22H26N2O4/c1-26-19-7-3-2-5-17(19)14-23-22(25)15-24-10-4-6-18(24)16-8-9-20-21(13-16)28-12-11-27-20/h2-3,5,7-9,13,18H,4,6,10-12,14-15H2,1H3,(H,23,25). The van der Waals surface area contributed by atoms with Crippen LogP contribution in [-0.2, 0) is 11.3 Å². The van der Waals surface area contributed by atoms with E-state index < -0.39 is 0 Å². The number of methoxy groups -OCH3 is 1. The molecule has 148 valence electrons. The Balaban J connectivity index is 1.38. The fourth-order valence-electron chi connectivity index (χ4n) is 3.94. The van der Waals surface area contributed by atoms with Crippen LogP contribution in [0.1, 0.15) is 30.0 Å². The Hall–Kier alpha value is -2.73. The number of ether oxygens (including phenoxy) is 3. The highest BCUT2D eigenvalue weighted by molar-refractivity contribution is 5.78. The van der Waals surface area contributed by atoms with Crippen molar-refractivity contribution in [1.82, 2.24) is 10.2 Å². The van der Waals surface area contributed by atoms with E-state index in [1.807, 2.05) is 30.3 Å². The fraction of sp³-hybridized carbons (Fsp3) is 0.409. The quantitative estimate of drug-likeness (QED) is 0.832. The van der Waals surface area contributed by atoms with Gasteiger partial charge in [0, 0.05) is 18.2 Å². The minimum Gasteiger partial charge on any atom is -0.496 e. The molecule has 1 fully saturated rings. The molecule has 28 heavy (non-hydrogen) atoms. The van der Waals surface area contributed by atoms with Crippen molar-refractivity contribution in [2.45, 2.75) is 25.4 Å². The average molecular weight is 382 g/mol. The van der Waals surface area contributed by atoms with Gasteiger partial charge < -0.3 is 19.5 Å². The number of amides is 1. The lowest BCUT2D eigenvalue weighted by molar-refractivity contribution is -0.122. The first kappa shape index (κ1) is 18.6. The Morgan fingerprint density at radius 3 is 2.86 bits per heavy atom. The first-order valence-corrected chi connectivity index (χ1v) is 9.77. The van der Waals surface area contributed by atoms with Crippen molar-refractivity contribution in [2.75, 3.05) is 33.4 Å². The molecule has 2 aliphatic heterocycles. The maximum absolute atomic E-state index is 12.5. The van der Waals surface area contributed by atoms with Crippen LogP contribution in [0.3, 0.4) is 0 Å². The van der Waals surface area contributed by atoms with Crippen LogP contribution in [-0.4, -0.2) is 44.2 Å². The number of nitrogens with zero attached hydrogens (tertiary/aromatic N) is 1. The third-order valence-corrected chi connectivity index (χ3v) is 5.33. The highest BCUT2D eigenvalue weighted by Gasteiger charge is 2.28. The number of nitrogens with one attached hydrogen (secondary N) is 1. The van der Waals surface area contributed by atoms with Crippen LogP contribution >= 0.6 is 0 Å². The number of fused-ring (bicyclic) bond motifs is 1. The van der Waals surface area contributed by atoms with Crippen molar-refractivity contribution in [2.24, 2.45) is 0 Å². The van der Waals surface area contributed by atoms with E-state index in [4.69, 9.17) is 14.2 Å². The third kappa shape index (κ3) is 4.07. The second-order valence-corrected chi connectivity index (χ2v) is 7.12. The van der Waals surface area contributed by atoms with Crippen molar-refractivity contribution in [3.63, 3.8) is 0 Å². The van der Waals surface area contributed by atoms with E-state index in [-0.39, 0.29) is 11.9 Å². The summed E-state index contributed by atoms with van der Waals surface area (Å²) in [5, 5.41) is 3.02. The van der Waals surface area contributed by atoms with Gasteiger partial charge in [-0.2, -0.15) is 0 Å². The zero-order chi connectivity index (χ0) is 19.3. The molecule has 2 aliphatic rings. The van der Waals surface area contributed by atoms with Gasteiger partial charge in [0.05, 0.1) is 13.7 Å². The summed E-state index contributed by atoms with van der Waals surface area (Å²) in [5.41, 5.74) is 2.16. The number of hydrogen-bond acceptors (Lipinski definition) is 5. The molecule has 6 heteroatoms. The molecule has 0 bridgehead atoms. The van der Waals surface area contributed by atoms with E-state index in [0.29, 0.717) is 26.3 Å². The highest BCUT2D eigenvalue weighted by Crippen LogP contribution is 2.37. The minimum absolute atomic E-state index is 0.0235. The average Bonchev–Trinajstić information content (AvgIpc) is 3.20. The van der Waals surface area contributed by atoms with Gasteiger partial charge in [-0.15, -0.1) is 0 Å². The van der Waals surface area contributed by atoms with Crippen LogP contribution in [0.2, 0.25) is 0 Å². The third-order valence-electron chi connectivity index (χ3n) is 5.33. The summed E-state index contributed by atoms with van der Waals surface area (Å²) in [6, 6.07) is 14.1. The minimum atomic E-state index is 0.0235. The summed E-state index contributed by atoms with van der Waals surface area (Å²) in [4.78, 5) is 14.8. The molecule has 2 heterocycles. The number of likely N-dealkylation sites (tertiary alicyclic amines) is 1. The molecule has 1 N–H and O–H groups in total. The van der Waals surface area contributed by atoms with Gasteiger partial charge in [-0.25, -0.2) is 0 Å². The topological polar surface area (TPSA) is 60.0 Å². The van der Waals surface area contributed by atoms with Crippen molar-refractivity contribution in [1.29, 1.82) is 0 Å². The lowest BCUT2D eigenvalue weighted by Gasteiger charge is -2.26. The summed E-state index contributed by atoms with van der Waals surface area (Å²) in [6.45, 7) is 2.94. The molecule has 1 amide bonds. The summed E-state index contributed by atoms with van der Waals surface area (Å²) >= 11 is 0. The van der Waals surface area contributed by atoms with Crippen LogP contribution in [0.25, 0.3) is 0 Å². The fourth-order valence-corrected chi connectivity index (χ4v) is 3.94. The molecular formula is C22H26N2O4. The molecule has 0 saturated carbocycles. The van der Waals surface area contributed by atoms with Crippen LogP contribution in [0.15, 0.2) is 42.5 Å². The lowest BCUT2D eigenvalue weighted by atomic mass is 10.0. The van der Waals surface area contributed by atoms with E-state index in [1.54, 1.807) is 7.11 Å². The lowest BCUT2D eigenvalue weighted by Crippen LogP contribution is -2.36. The Morgan fingerprint density at radius 1 is 1.18 bits per heavy atom. The molecule has 0 radical (unpaired) electrons. The van der Waals surface area contributed by atoms with Crippen LogP contribution in [0, 0.1) is 0 Å². The van der Waals surface area contributed by atoms with Gasteiger partial charge in [0.2, 0.25) is 5.91 Å². The summed E-state index contributed by atoms with van der Waals surface area (Å²) in [6.07, 6.45) is 2.12. The monoisotopic (exact) mass is 382 g/mol. The molecular weight excluding hydrogens is 356 g/mol. The van der Waals surface area contributed by atoms with Gasteiger partial charge in [-0.3, -0.25) is 9.69 Å². The SMILES string of the molecule is COc1ccccc1CNC(=O)CN1CCCC1c1ccc2c(c1)OCCO2. The van der Waals surface area contributed by atoms with Gasteiger partial charge in [0.1, 0.15) is 19.0 Å². The molecule has 6 nitrogen and oxygen atoms in total. The zero-order valence-corrected chi connectivity index (χ0v) is 16.1. The van der Waals surface area contributed by atoms with Crippen LogP contribution in [0.4, 0.5) is 0 Å². The Labute approximate surface area is 165 Å². The first-order chi connectivity index (χ1) is 13.7. The second kappa shape index (κ2) is 8.52. The molecule has 1 saturated heterocycles. The summed E-state index contributed by atoms with van der Waals surface area (Å²) in [5.74, 6) is 2.42. The van der Waals surface area contributed by atoms with Crippen molar-refractivity contribution in [3.05, 3.63) is 53.6 Å². The van der Waals surface area contributed by atoms with Crippen molar-refractivity contribution >= 4 is 5.91 Å². The molecule has 0 aromatic heterocycles. The predicted octanol–water partition coefficient (Wildman–Crippen LogP) is 2.92. The van der Waals surface area contributed by atoms with Gasteiger partial charge in [-0.05, 0) is 43.1 Å². The molecule has 0 spiro atoms. The first-order valence-electron chi connectivity index (χ1n) is 9.77. The number of hydrogen-bond donors (Lipinski definition) is 1. The number of rotatable bonds is 6. The normalized spacial score (nSPS) is 18.7. The zero-order valence-electron chi connectivity index (χ0n) is 16.1. The van der Waals surface area contributed by atoms with E-state index in [9.17, 15) is 4.79 Å². The summed E-state index contributed by atoms with van der Waals surface area (Å²) in [7, 11) is 1.64. The van der Waals surface area contributed by atoms with Crippen molar-refractivity contribution in [3.8, 4) is 17.2 Å². The second-order valence-electron chi connectivity index (χ2n) is 7.12. The van der Waals surface area contributed by atoms with Crippen LogP contribution in [0.5, 0.6) is 17.2 Å². The van der Waals surface area contributed by atoms with E-state index >= 15 is 0 Å². The van der Waals surface area contributed by atoms with E-state index in [0.717, 1.165) is 42.2 Å². The predicted molar refractivity (Wildman–Crippen MR) is 106 cm³/mol. The molecule has 0 aliphatic carbocycles. The Morgan fingerprint density at radius 2 is 2.00 bits per heavy atom. The smallest absolute Gasteiger partial charge is 0.234 e. The summed E-state index contributed by atoms with van der Waals surface area (Å²) < 4.78 is 16.7. The van der Waals surface area contributed by atoms with Gasteiger partial charge in [0.25, 0.3) is 0 Å². The number of carbonyl (C=O) groups excluding carboxylic acids is 1. The molecule has 4 rings (SSSR count). The van der Waals surface area contributed by atoms with Gasteiger partial charge in [0.15, 0.2) is 11.5 Å². The van der Waals surface area contributed by atoms with Gasteiger partial charge >= 0.3 is 0 Å². The van der Waals surface area contributed by atoms with Crippen LogP contribution < -0.4 is 19.5 Å². The molecule has 2 aromatic carbocycles. The van der Waals surface area contributed by atoms with Crippen molar-refractivity contribution < 1.29 is 19.0 Å². The molecule has 2 aromatic rings. The van der Waals surface area contributed by atoms with E-state index in [1.165, 1.54) is 5.56 Å². The number of benzene rings is 2. The highest BCUT2D eigenvalue weighted by atomic mass is 16.6. The number of para-hydroxylation sites is 1. The largest absolute Gasteiger partial charge is 0.496 e. The van der Waals surface area contributed by atoms with E-state index in [2.05, 4.69) is 22.3 Å². The van der Waals surface area contributed by atoms with Gasteiger partial charge in [-0.1, -0.05) is 24.3 Å².